The molecule has 4 nitrogen and oxygen atoms in total. The molecule has 0 aliphatic carbocycles. The molecule has 2 aromatic carbocycles. The summed E-state index contributed by atoms with van der Waals surface area (Å²) in [6.07, 6.45) is 3.01. The third-order valence-electron chi connectivity index (χ3n) is 5.88. The van der Waals surface area contributed by atoms with E-state index in [0.29, 0.717) is 25.9 Å². The van der Waals surface area contributed by atoms with Crippen molar-refractivity contribution in [2.75, 3.05) is 6.54 Å². The predicted octanol–water partition coefficient (Wildman–Crippen LogP) is 5.56. The normalized spacial score (nSPS) is 12.3. The first-order chi connectivity index (χ1) is 15.1. The van der Waals surface area contributed by atoms with Gasteiger partial charge < -0.3 is 10.2 Å². The standard InChI is InChI=1S/C28H40N2O2/c1-7-8-18-29-27(32)22(3)30(20-24-11-9-10-21(2)19-24)26(31)17-14-23-12-15-25(16-13-23)28(4,5)6/h9-13,15-16,19,22H,7-8,14,17-18,20H2,1-6H3,(H,29,32). The largest absolute Gasteiger partial charge is 0.354 e. The van der Waals surface area contributed by atoms with E-state index >= 15 is 0 Å². The average molecular weight is 437 g/mol. The van der Waals surface area contributed by atoms with Crippen LogP contribution in [0.25, 0.3) is 0 Å². The van der Waals surface area contributed by atoms with Crippen molar-refractivity contribution < 1.29 is 9.59 Å². The number of amides is 2. The molecule has 0 bridgehead atoms. The van der Waals surface area contributed by atoms with E-state index in [-0.39, 0.29) is 17.2 Å². The summed E-state index contributed by atoms with van der Waals surface area (Å²) < 4.78 is 0. The van der Waals surface area contributed by atoms with Crippen LogP contribution in [0.2, 0.25) is 0 Å². The van der Waals surface area contributed by atoms with E-state index in [1.807, 2.05) is 32.0 Å². The minimum absolute atomic E-state index is 0.00421. The molecule has 0 aromatic heterocycles. The fraction of sp³-hybridized carbons (Fsp3) is 0.500. The van der Waals surface area contributed by atoms with Gasteiger partial charge in [-0.2, -0.15) is 0 Å². The van der Waals surface area contributed by atoms with Crippen LogP contribution >= 0.6 is 0 Å². The van der Waals surface area contributed by atoms with Crippen molar-refractivity contribution in [3.63, 3.8) is 0 Å². The van der Waals surface area contributed by atoms with Crippen LogP contribution < -0.4 is 5.32 Å². The molecule has 32 heavy (non-hydrogen) atoms. The van der Waals surface area contributed by atoms with Gasteiger partial charge in [0, 0.05) is 19.5 Å². The summed E-state index contributed by atoms with van der Waals surface area (Å²) in [5.74, 6) is -0.0847. The number of nitrogens with one attached hydrogen (secondary N) is 1. The number of nitrogens with zero attached hydrogens (tertiary/aromatic N) is 1. The summed E-state index contributed by atoms with van der Waals surface area (Å²) in [6.45, 7) is 13.6. The smallest absolute Gasteiger partial charge is 0.242 e. The lowest BCUT2D eigenvalue weighted by Crippen LogP contribution is -2.47. The van der Waals surface area contributed by atoms with E-state index in [0.717, 1.165) is 29.5 Å². The third-order valence-corrected chi connectivity index (χ3v) is 5.88. The highest BCUT2D eigenvalue weighted by Crippen LogP contribution is 2.22. The lowest BCUT2D eigenvalue weighted by atomic mass is 9.86. The van der Waals surface area contributed by atoms with Gasteiger partial charge in [0.25, 0.3) is 0 Å². The Morgan fingerprint density at radius 2 is 1.72 bits per heavy atom. The Morgan fingerprint density at radius 3 is 2.31 bits per heavy atom. The second kappa shape index (κ2) is 11.8. The number of benzene rings is 2. The van der Waals surface area contributed by atoms with Gasteiger partial charge >= 0.3 is 0 Å². The number of rotatable bonds is 10. The van der Waals surface area contributed by atoms with Crippen molar-refractivity contribution in [2.24, 2.45) is 0 Å². The van der Waals surface area contributed by atoms with E-state index in [4.69, 9.17) is 0 Å². The SMILES string of the molecule is CCCCNC(=O)C(C)N(Cc1cccc(C)c1)C(=O)CCc1ccc(C(C)(C)C)cc1. The van der Waals surface area contributed by atoms with Gasteiger partial charge in [-0.25, -0.2) is 0 Å². The van der Waals surface area contributed by atoms with Crippen LogP contribution in [0.4, 0.5) is 0 Å². The summed E-state index contributed by atoms with van der Waals surface area (Å²) >= 11 is 0. The Hall–Kier alpha value is -2.62. The Balaban J connectivity index is 2.11. The summed E-state index contributed by atoms with van der Waals surface area (Å²) in [5.41, 5.74) is 4.72. The molecule has 0 saturated carbocycles. The minimum Gasteiger partial charge on any atom is -0.354 e. The number of aryl methyl sites for hydroxylation is 2. The van der Waals surface area contributed by atoms with Crippen molar-refractivity contribution in [3.8, 4) is 0 Å². The lowest BCUT2D eigenvalue weighted by molar-refractivity contribution is -0.140. The van der Waals surface area contributed by atoms with E-state index in [1.165, 1.54) is 5.56 Å². The molecule has 0 aliphatic heterocycles. The molecule has 1 N–H and O–H groups in total. The molecule has 1 atom stereocenters. The fourth-order valence-corrected chi connectivity index (χ4v) is 3.69. The van der Waals surface area contributed by atoms with E-state index in [1.54, 1.807) is 4.90 Å². The topological polar surface area (TPSA) is 49.4 Å². The summed E-state index contributed by atoms with van der Waals surface area (Å²) in [7, 11) is 0. The first kappa shape index (κ1) is 25.6. The van der Waals surface area contributed by atoms with Crippen LogP contribution in [0, 0.1) is 6.92 Å². The molecule has 0 heterocycles. The van der Waals surface area contributed by atoms with Crippen molar-refractivity contribution in [1.29, 1.82) is 0 Å². The number of hydrogen-bond acceptors (Lipinski definition) is 2. The van der Waals surface area contributed by atoms with Crippen LogP contribution in [0.1, 0.15) is 76.1 Å². The third kappa shape index (κ3) is 7.81. The molecule has 174 valence electrons. The quantitative estimate of drug-likeness (QED) is 0.496. The molecule has 2 aromatic rings. The molecule has 2 amide bonds. The average Bonchev–Trinajstić information content (AvgIpc) is 2.75. The van der Waals surface area contributed by atoms with E-state index < -0.39 is 6.04 Å². The lowest BCUT2D eigenvalue weighted by Gasteiger charge is -2.29. The van der Waals surface area contributed by atoms with E-state index in [9.17, 15) is 9.59 Å². The monoisotopic (exact) mass is 436 g/mol. The predicted molar refractivity (Wildman–Crippen MR) is 133 cm³/mol. The van der Waals surface area contributed by atoms with Crippen LogP contribution in [-0.2, 0) is 28.0 Å². The van der Waals surface area contributed by atoms with Gasteiger partial charge in [-0.05, 0) is 48.8 Å². The van der Waals surface area contributed by atoms with Gasteiger partial charge in [0.2, 0.25) is 11.8 Å². The van der Waals surface area contributed by atoms with E-state index in [2.05, 4.69) is 63.3 Å². The minimum atomic E-state index is -0.511. The number of carbonyl (C=O) groups excluding carboxylic acids is 2. The molecular formula is C28H40N2O2. The second-order valence-corrected chi connectivity index (χ2v) is 9.78. The van der Waals surface area contributed by atoms with Gasteiger partial charge in [-0.1, -0.05) is 88.2 Å². The highest BCUT2D eigenvalue weighted by Gasteiger charge is 2.25. The van der Waals surface area contributed by atoms with Gasteiger partial charge in [0.15, 0.2) is 0 Å². The molecule has 0 radical (unpaired) electrons. The molecule has 0 saturated heterocycles. The molecule has 4 heteroatoms. The Bertz CT molecular complexity index is 881. The molecule has 0 spiro atoms. The zero-order valence-corrected chi connectivity index (χ0v) is 20.7. The fourth-order valence-electron chi connectivity index (χ4n) is 3.69. The van der Waals surface area contributed by atoms with Gasteiger partial charge in [-0.15, -0.1) is 0 Å². The Morgan fingerprint density at radius 1 is 1.03 bits per heavy atom. The van der Waals surface area contributed by atoms with Crippen molar-refractivity contribution in [3.05, 3.63) is 70.8 Å². The molecule has 0 aliphatic rings. The maximum Gasteiger partial charge on any atom is 0.242 e. The van der Waals surface area contributed by atoms with Gasteiger partial charge in [0.1, 0.15) is 6.04 Å². The zero-order chi connectivity index (χ0) is 23.7. The summed E-state index contributed by atoms with van der Waals surface area (Å²) in [4.78, 5) is 27.7. The maximum atomic E-state index is 13.3. The Kier molecular flexibility index (Phi) is 9.49. The van der Waals surface area contributed by atoms with Crippen LogP contribution in [0.5, 0.6) is 0 Å². The van der Waals surface area contributed by atoms with Crippen LogP contribution in [0.15, 0.2) is 48.5 Å². The zero-order valence-electron chi connectivity index (χ0n) is 20.7. The van der Waals surface area contributed by atoms with Crippen molar-refractivity contribution in [2.45, 2.75) is 85.2 Å². The van der Waals surface area contributed by atoms with Crippen molar-refractivity contribution >= 4 is 11.8 Å². The van der Waals surface area contributed by atoms with Gasteiger partial charge in [-0.3, -0.25) is 9.59 Å². The molecule has 1 unspecified atom stereocenters. The summed E-state index contributed by atoms with van der Waals surface area (Å²) in [6, 6.07) is 16.1. The Labute approximate surface area is 194 Å². The number of unbranched alkanes of at least 4 members (excludes halogenated alkanes) is 1. The highest BCUT2D eigenvalue weighted by atomic mass is 16.2. The van der Waals surface area contributed by atoms with Crippen LogP contribution in [-0.4, -0.2) is 29.3 Å². The second-order valence-electron chi connectivity index (χ2n) is 9.78. The van der Waals surface area contributed by atoms with Crippen LogP contribution in [0.3, 0.4) is 0 Å². The molecule has 2 rings (SSSR count). The summed E-state index contributed by atoms with van der Waals surface area (Å²) in [5, 5.41) is 2.98. The maximum absolute atomic E-state index is 13.3. The molecule has 0 fully saturated rings. The molecular weight excluding hydrogens is 396 g/mol. The number of carbonyl (C=O) groups is 2. The first-order valence-corrected chi connectivity index (χ1v) is 11.8. The van der Waals surface area contributed by atoms with Gasteiger partial charge in [0.05, 0.1) is 0 Å². The first-order valence-electron chi connectivity index (χ1n) is 11.8. The van der Waals surface area contributed by atoms with Crippen molar-refractivity contribution in [1.82, 2.24) is 10.2 Å². The number of hydrogen-bond donors (Lipinski definition) is 1. The highest BCUT2D eigenvalue weighted by molar-refractivity contribution is 5.87.